The van der Waals surface area contributed by atoms with E-state index in [2.05, 4.69) is 17.1 Å². The molecule has 4 aromatic rings. The van der Waals surface area contributed by atoms with Gasteiger partial charge in [-0.05, 0) is 36.1 Å². The number of rotatable bonds is 9. The quantitative estimate of drug-likeness (QED) is 0.328. The van der Waals surface area contributed by atoms with Crippen molar-refractivity contribution in [2.24, 2.45) is 5.92 Å². The Bertz CT molecular complexity index is 1250. The van der Waals surface area contributed by atoms with Gasteiger partial charge in [0.05, 0.1) is 61.4 Å². The van der Waals surface area contributed by atoms with Crippen molar-refractivity contribution in [3.63, 3.8) is 0 Å². The molecule has 0 fully saturated rings. The van der Waals surface area contributed by atoms with Crippen molar-refractivity contribution in [2.75, 3.05) is 6.61 Å². The van der Waals surface area contributed by atoms with Gasteiger partial charge in [-0.2, -0.15) is 0 Å². The Balaban J connectivity index is 1.41. The topological polar surface area (TPSA) is 66.2 Å². The maximum absolute atomic E-state index is 12.6. The van der Waals surface area contributed by atoms with Crippen LogP contribution in [0.1, 0.15) is 46.7 Å². The molecule has 0 aliphatic rings. The normalized spacial score (nSPS) is 11.3. The number of hydrogen-bond donors (Lipinski definition) is 0. The summed E-state index contributed by atoms with van der Waals surface area (Å²) in [5.41, 5.74) is 5.18. The lowest BCUT2D eigenvalue weighted by Crippen LogP contribution is -2.14. The number of esters is 1. The molecule has 0 amide bonds. The fourth-order valence-electron chi connectivity index (χ4n) is 3.70. The molecule has 0 radical (unpaired) electrons. The second-order valence-corrected chi connectivity index (χ2v) is 8.60. The maximum atomic E-state index is 12.6. The number of carbonyl (C=O) groups excluding carboxylic acids is 1. The smallest absolute Gasteiger partial charge is 0.338 e. The summed E-state index contributed by atoms with van der Waals surface area (Å²) < 4.78 is 13.5. The van der Waals surface area contributed by atoms with Crippen LogP contribution in [0.2, 0.25) is 0 Å². The average molecular weight is 444 g/mol. The molecule has 0 aliphatic heterocycles. The molecule has 2 aromatic heterocycles. The highest BCUT2D eigenvalue weighted by Gasteiger charge is 2.16. The monoisotopic (exact) mass is 443 g/mol. The molecular weight excluding hydrogens is 414 g/mol. The summed E-state index contributed by atoms with van der Waals surface area (Å²) >= 11 is 0. The molecule has 0 saturated carbocycles. The van der Waals surface area contributed by atoms with Crippen LogP contribution >= 0.6 is 0 Å². The molecule has 0 saturated heterocycles. The van der Waals surface area contributed by atoms with E-state index in [1.165, 1.54) is 0 Å². The van der Waals surface area contributed by atoms with Gasteiger partial charge in [0.2, 0.25) is 0 Å². The second kappa shape index (κ2) is 10.4. The summed E-state index contributed by atoms with van der Waals surface area (Å²) in [6, 6.07) is 18.0. The second-order valence-electron chi connectivity index (χ2n) is 8.60. The lowest BCUT2D eigenvalue weighted by atomic mass is 10.0. The number of nitrogens with zero attached hydrogens (tertiary/aromatic N) is 3. The zero-order chi connectivity index (χ0) is 23.2. The number of ether oxygens (including phenoxy) is 2. The number of carbonyl (C=O) groups is 1. The van der Waals surface area contributed by atoms with Crippen LogP contribution in [0.25, 0.3) is 10.9 Å². The van der Waals surface area contributed by atoms with E-state index in [0.717, 1.165) is 33.4 Å². The molecule has 0 bridgehead atoms. The highest BCUT2D eigenvalue weighted by molar-refractivity contribution is 5.92. The first kappa shape index (κ1) is 22.7. The van der Waals surface area contributed by atoms with Gasteiger partial charge >= 0.3 is 5.97 Å². The van der Waals surface area contributed by atoms with Crippen LogP contribution in [-0.4, -0.2) is 27.1 Å². The van der Waals surface area contributed by atoms with Crippen LogP contribution in [0.5, 0.6) is 0 Å². The summed E-state index contributed by atoms with van der Waals surface area (Å²) in [7, 11) is 0. The number of imidazole rings is 1. The van der Waals surface area contributed by atoms with Crippen molar-refractivity contribution < 1.29 is 14.3 Å². The first-order chi connectivity index (χ1) is 16.0. The Morgan fingerprint density at radius 1 is 1.03 bits per heavy atom. The molecule has 4 rings (SSSR count). The van der Waals surface area contributed by atoms with Crippen molar-refractivity contribution in [3.8, 4) is 0 Å². The fourth-order valence-corrected chi connectivity index (χ4v) is 3.70. The van der Waals surface area contributed by atoms with Gasteiger partial charge in [-0.15, -0.1) is 0 Å². The minimum absolute atomic E-state index is 0.287. The van der Waals surface area contributed by atoms with Gasteiger partial charge < -0.3 is 14.0 Å². The molecule has 170 valence electrons. The van der Waals surface area contributed by atoms with E-state index in [-0.39, 0.29) is 11.9 Å². The van der Waals surface area contributed by atoms with E-state index in [9.17, 15) is 4.79 Å². The van der Waals surface area contributed by atoms with Gasteiger partial charge in [0, 0.05) is 5.39 Å². The summed E-state index contributed by atoms with van der Waals surface area (Å²) in [4.78, 5) is 21.7. The van der Waals surface area contributed by atoms with Gasteiger partial charge in [0.1, 0.15) is 0 Å². The predicted octanol–water partition coefficient (Wildman–Crippen LogP) is 5.32. The zero-order valence-corrected chi connectivity index (χ0v) is 19.3. The molecule has 33 heavy (non-hydrogen) atoms. The largest absolute Gasteiger partial charge is 0.462 e. The van der Waals surface area contributed by atoms with Crippen LogP contribution < -0.4 is 0 Å². The number of fused-ring (bicyclic) bond motifs is 1. The molecule has 0 N–H and O–H groups in total. The lowest BCUT2D eigenvalue weighted by Gasteiger charge is -2.14. The zero-order valence-electron chi connectivity index (χ0n) is 19.3. The van der Waals surface area contributed by atoms with E-state index in [1.54, 1.807) is 12.5 Å². The number of pyridine rings is 1. The Labute approximate surface area is 194 Å². The van der Waals surface area contributed by atoms with E-state index in [4.69, 9.17) is 14.5 Å². The maximum Gasteiger partial charge on any atom is 0.338 e. The highest BCUT2D eigenvalue weighted by atomic mass is 16.5. The van der Waals surface area contributed by atoms with Gasteiger partial charge in [-0.25, -0.2) is 9.78 Å². The predicted molar refractivity (Wildman–Crippen MR) is 128 cm³/mol. The Morgan fingerprint density at radius 2 is 1.88 bits per heavy atom. The van der Waals surface area contributed by atoms with E-state index < -0.39 is 0 Å². The SMILES string of the molecule is Cc1cccc(COCc2cncn2Cc2ccc3ccccc3n2)c1C(=O)OCC(C)C. The minimum atomic E-state index is -0.298. The third kappa shape index (κ3) is 5.65. The molecular formula is C27H29N3O3. The third-order valence-corrected chi connectivity index (χ3v) is 5.41. The Morgan fingerprint density at radius 3 is 2.73 bits per heavy atom. The van der Waals surface area contributed by atoms with Crippen molar-refractivity contribution in [2.45, 2.75) is 40.5 Å². The summed E-state index contributed by atoms with van der Waals surface area (Å²) in [5.74, 6) is -0.0112. The van der Waals surface area contributed by atoms with Crippen molar-refractivity contribution in [1.82, 2.24) is 14.5 Å². The molecule has 6 heteroatoms. The van der Waals surface area contributed by atoms with Crippen LogP contribution in [0.3, 0.4) is 0 Å². The fraction of sp³-hybridized carbons (Fsp3) is 0.296. The molecule has 0 unspecified atom stereocenters. The van der Waals surface area contributed by atoms with Crippen LogP contribution in [0, 0.1) is 12.8 Å². The van der Waals surface area contributed by atoms with Crippen molar-refractivity contribution in [3.05, 3.63) is 95.2 Å². The first-order valence-corrected chi connectivity index (χ1v) is 11.2. The number of para-hydroxylation sites is 1. The Kier molecular flexibility index (Phi) is 7.15. The van der Waals surface area contributed by atoms with Crippen LogP contribution in [0.15, 0.2) is 67.1 Å². The van der Waals surface area contributed by atoms with Crippen molar-refractivity contribution in [1.29, 1.82) is 0 Å². The summed E-state index contributed by atoms with van der Waals surface area (Å²) in [6.45, 7) is 7.66. The molecule has 2 aromatic carbocycles. The summed E-state index contributed by atoms with van der Waals surface area (Å²) in [6.07, 6.45) is 3.59. The Hall–Kier alpha value is -3.51. The number of hydrogen-bond acceptors (Lipinski definition) is 5. The van der Waals surface area contributed by atoms with Gasteiger partial charge in [0.25, 0.3) is 0 Å². The van der Waals surface area contributed by atoms with Crippen molar-refractivity contribution >= 4 is 16.9 Å². The van der Waals surface area contributed by atoms with Crippen LogP contribution in [0.4, 0.5) is 0 Å². The van der Waals surface area contributed by atoms with Crippen LogP contribution in [-0.2, 0) is 29.2 Å². The molecule has 0 aliphatic carbocycles. The average Bonchev–Trinajstić information content (AvgIpc) is 3.24. The van der Waals surface area contributed by atoms with Gasteiger partial charge in [-0.1, -0.05) is 56.3 Å². The molecule has 0 atom stereocenters. The lowest BCUT2D eigenvalue weighted by molar-refractivity contribution is 0.0448. The standard InChI is InChI=1S/C27H29N3O3/c1-19(2)15-33-27(31)26-20(3)7-6-9-22(26)16-32-17-24-13-28-18-30(24)14-23-12-11-21-8-4-5-10-25(21)29-23/h4-13,18-19H,14-17H2,1-3H3. The highest BCUT2D eigenvalue weighted by Crippen LogP contribution is 2.19. The molecule has 6 nitrogen and oxygen atoms in total. The third-order valence-electron chi connectivity index (χ3n) is 5.41. The minimum Gasteiger partial charge on any atom is -0.462 e. The number of aryl methyl sites for hydroxylation is 1. The van der Waals surface area contributed by atoms with E-state index >= 15 is 0 Å². The number of aromatic nitrogens is 3. The number of benzene rings is 2. The summed E-state index contributed by atoms with van der Waals surface area (Å²) in [5, 5.41) is 1.12. The van der Waals surface area contributed by atoms with Gasteiger partial charge in [0.15, 0.2) is 0 Å². The molecule has 2 heterocycles. The van der Waals surface area contributed by atoms with E-state index in [1.807, 2.05) is 67.8 Å². The molecule has 0 spiro atoms. The van der Waals surface area contributed by atoms with E-state index in [0.29, 0.717) is 31.9 Å². The first-order valence-electron chi connectivity index (χ1n) is 11.2. The van der Waals surface area contributed by atoms with Gasteiger partial charge in [-0.3, -0.25) is 4.98 Å².